The van der Waals surface area contributed by atoms with Crippen LogP contribution in [0.15, 0.2) is 107 Å². The standard InChI is InChI=1S/C12H12N2O2S.C12H12N2O.C12H28N2/c13-9-1-5-11(6-2-9)17(15,16)12-7-3-10(14)4-8-12;13-9-1-5-11(6-2-9)15-12-7-3-10(14)4-8-12;13-11-9-7-5-3-1-2-4-6-8-10-12-14/h1-8H,13-14H2;1-8H,13-14H2;1-14H2. The van der Waals surface area contributed by atoms with Gasteiger partial charge in [0.05, 0.1) is 9.79 Å². The van der Waals surface area contributed by atoms with E-state index in [0.29, 0.717) is 11.4 Å². The van der Waals surface area contributed by atoms with E-state index in [-0.39, 0.29) is 9.79 Å². The Morgan fingerprint density at radius 2 is 0.630 bits per heavy atom. The zero-order chi connectivity index (χ0) is 33.6. The normalized spacial score (nSPS) is 10.7. The maximum Gasteiger partial charge on any atom is 0.206 e. The molecule has 0 aliphatic heterocycles. The maximum atomic E-state index is 12.2. The first-order chi connectivity index (χ1) is 22.1. The number of hydrogen-bond donors (Lipinski definition) is 6. The molecule has 0 amide bonds. The van der Waals surface area contributed by atoms with Gasteiger partial charge in [0, 0.05) is 22.7 Å². The molecule has 4 aromatic rings. The zero-order valence-corrected chi connectivity index (χ0v) is 27.6. The van der Waals surface area contributed by atoms with Crippen LogP contribution in [0.2, 0.25) is 0 Å². The molecular weight excluding hydrogens is 597 g/mol. The van der Waals surface area contributed by atoms with Gasteiger partial charge in [-0.15, -0.1) is 0 Å². The Kier molecular flexibility index (Phi) is 17.7. The Bertz CT molecular complexity index is 1360. The lowest BCUT2D eigenvalue weighted by Crippen LogP contribution is -2.02. The molecule has 46 heavy (non-hydrogen) atoms. The summed E-state index contributed by atoms with van der Waals surface area (Å²) >= 11 is 0. The van der Waals surface area contributed by atoms with Crippen molar-refractivity contribution in [2.75, 3.05) is 36.0 Å². The van der Waals surface area contributed by atoms with Gasteiger partial charge >= 0.3 is 0 Å². The van der Waals surface area contributed by atoms with E-state index >= 15 is 0 Å². The van der Waals surface area contributed by atoms with E-state index in [0.717, 1.165) is 36.0 Å². The predicted molar refractivity (Wildman–Crippen MR) is 193 cm³/mol. The summed E-state index contributed by atoms with van der Waals surface area (Å²) in [6, 6.07) is 26.7. The van der Waals surface area contributed by atoms with E-state index in [1.807, 2.05) is 24.3 Å². The molecule has 250 valence electrons. The first-order valence-corrected chi connectivity index (χ1v) is 17.4. The highest BCUT2D eigenvalue weighted by Gasteiger charge is 2.16. The van der Waals surface area contributed by atoms with Crippen molar-refractivity contribution in [2.45, 2.75) is 74.0 Å². The maximum absolute atomic E-state index is 12.2. The Morgan fingerprint density at radius 1 is 0.391 bits per heavy atom. The molecule has 4 rings (SSSR count). The molecule has 0 bridgehead atoms. The van der Waals surface area contributed by atoms with Gasteiger partial charge in [0.1, 0.15) is 11.5 Å². The lowest BCUT2D eigenvalue weighted by Gasteiger charge is -2.05. The van der Waals surface area contributed by atoms with E-state index < -0.39 is 9.84 Å². The average Bonchev–Trinajstić information content (AvgIpc) is 3.05. The number of benzene rings is 4. The van der Waals surface area contributed by atoms with Crippen LogP contribution in [0.5, 0.6) is 11.5 Å². The molecule has 10 heteroatoms. The minimum Gasteiger partial charge on any atom is -0.457 e. The third-order valence-corrected chi connectivity index (χ3v) is 8.82. The van der Waals surface area contributed by atoms with Crippen LogP contribution >= 0.6 is 0 Å². The highest BCUT2D eigenvalue weighted by molar-refractivity contribution is 7.91. The minimum atomic E-state index is -3.48. The topological polar surface area (TPSA) is 199 Å². The zero-order valence-electron chi connectivity index (χ0n) is 26.8. The molecule has 0 fully saturated rings. The summed E-state index contributed by atoms with van der Waals surface area (Å²) < 4.78 is 29.9. The van der Waals surface area contributed by atoms with Crippen LogP contribution in [0, 0.1) is 0 Å². The van der Waals surface area contributed by atoms with E-state index in [1.54, 1.807) is 48.5 Å². The molecule has 0 spiro atoms. The van der Waals surface area contributed by atoms with Crippen molar-refractivity contribution in [3.8, 4) is 11.5 Å². The highest BCUT2D eigenvalue weighted by atomic mass is 32.2. The summed E-state index contributed by atoms with van der Waals surface area (Å²) in [4.78, 5) is 0.438. The summed E-state index contributed by atoms with van der Waals surface area (Å²) in [7, 11) is -3.48. The summed E-state index contributed by atoms with van der Waals surface area (Å²) in [6.07, 6.45) is 13.4. The first kappa shape index (κ1) is 37.9. The van der Waals surface area contributed by atoms with Gasteiger partial charge in [0.15, 0.2) is 0 Å². The number of unbranched alkanes of at least 4 members (excludes halogenated alkanes) is 9. The van der Waals surface area contributed by atoms with Crippen molar-refractivity contribution >= 4 is 32.6 Å². The summed E-state index contributed by atoms with van der Waals surface area (Å²) in [5.74, 6) is 1.52. The number of nitrogens with two attached hydrogens (primary N) is 6. The fraction of sp³-hybridized carbons (Fsp3) is 0.333. The third-order valence-electron chi connectivity index (χ3n) is 7.03. The average molecular weight is 649 g/mol. The number of anilines is 4. The Hall–Kier alpha value is -4.25. The summed E-state index contributed by atoms with van der Waals surface area (Å²) in [6.45, 7) is 1.72. The van der Waals surface area contributed by atoms with Crippen LogP contribution in [-0.4, -0.2) is 21.5 Å². The molecule has 0 saturated carbocycles. The Labute approximate surface area is 275 Å². The van der Waals surface area contributed by atoms with Gasteiger partial charge in [0.25, 0.3) is 0 Å². The molecule has 4 aromatic carbocycles. The monoisotopic (exact) mass is 648 g/mol. The summed E-state index contributed by atoms with van der Waals surface area (Å²) in [5, 5.41) is 0. The lowest BCUT2D eigenvalue weighted by atomic mass is 10.1. The van der Waals surface area contributed by atoms with E-state index in [2.05, 4.69) is 0 Å². The summed E-state index contributed by atoms with van der Waals surface area (Å²) in [5.41, 5.74) is 35.5. The number of ether oxygens (including phenoxy) is 1. The first-order valence-electron chi connectivity index (χ1n) is 15.9. The van der Waals surface area contributed by atoms with Gasteiger partial charge in [-0.3, -0.25) is 0 Å². The fourth-order valence-electron chi connectivity index (χ4n) is 4.34. The van der Waals surface area contributed by atoms with Gasteiger partial charge in [-0.05, 0) is 123 Å². The molecule has 0 aliphatic carbocycles. The second kappa shape index (κ2) is 21.5. The van der Waals surface area contributed by atoms with Crippen LogP contribution in [0.25, 0.3) is 0 Å². The molecule has 0 saturated heterocycles. The van der Waals surface area contributed by atoms with E-state index in [4.69, 9.17) is 39.1 Å². The highest BCUT2D eigenvalue weighted by Crippen LogP contribution is 2.24. The van der Waals surface area contributed by atoms with Gasteiger partial charge in [0.2, 0.25) is 9.84 Å². The number of sulfone groups is 1. The van der Waals surface area contributed by atoms with Crippen LogP contribution in [0.1, 0.15) is 64.2 Å². The SMILES string of the molecule is NCCCCCCCCCCCCN.Nc1ccc(Oc2ccc(N)cc2)cc1.Nc1ccc(S(=O)(=O)c2ccc(N)cc2)cc1. The molecule has 0 aliphatic rings. The smallest absolute Gasteiger partial charge is 0.206 e. The fourth-order valence-corrected chi connectivity index (χ4v) is 5.60. The van der Waals surface area contributed by atoms with Crippen LogP contribution < -0.4 is 39.1 Å². The van der Waals surface area contributed by atoms with Crippen molar-refractivity contribution in [1.29, 1.82) is 0 Å². The quantitative estimate of drug-likeness (QED) is 0.0573. The van der Waals surface area contributed by atoms with Crippen LogP contribution in [0.4, 0.5) is 22.7 Å². The van der Waals surface area contributed by atoms with Crippen molar-refractivity contribution in [3.63, 3.8) is 0 Å². The van der Waals surface area contributed by atoms with Gasteiger partial charge in [-0.1, -0.05) is 51.4 Å². The second-order valence-corrected chi connectivity index (χ2v) is 12.9. The minimum absolute atomic E-state index is 0.219. The van der Waals surface area contributed by atoms with Gasteiger partial charge < -0.3 is 39.1 Å². The van der Waals surface area contributed by atoms with Crippen LogP contribution in [0.3, 0.4) is 0 Å². The lowest BCUT2D eigenvalue weighted by molar-refractivity contribution is 0.483. The molecule has 0 unspecified atom stereocenters. The Balaban J connectivity index is 0.000000242. The Morgan fingerprint density at radius 3 is 0.891 bits per heavy atom. The molecule has 0 atom stereocenters. The molecule has 0 radical (unpaired) electrons. The molecule has 0 heterocycles. The largest absolute Gasteiger partial charge is 0.457 e. The van der Waals surface area contributed by atoms with Crippen LogP contribution in [-0.2, 0) is 9.84 Å². The number of rotatable bonds is 15. The van der Waals surface area contributed by atoms with E-state index in [9.17, 15) is 8.42 Å². The van der Waals surface area contributed by atoms with E-state index in [1.165, 1.54) is 88.5 Å². The second-order valence-electron chi connectivity index (χ2n) is 11.0. The number of nitrogen functional groups attached to an aromatic ring is 4. The van der Waals surface area contributed by atoms with Crippen molar-refractivity contribution in [3.05, 3.63) is 97.1 Å². The molecule has 0 aromatic heterocycles. The molecule has 9 nitrogen and oxygen atoms in total. The number of hydrogen-bond acceptors (Lipinski definition) is 9. The predicted octanol–water partition coefficient (Wildman–Crippen LogP) is 7.13. The third kappa shape index (κ3) is 15.2. The van der Waals surface area contributed by atoms with Gasteiger partial charge in [-0.2, -0.15) is 0 Å². The van der Waals surface area contributed by atoms with Crippen molar-refractivity contribution in [1.82, 2.24) is 0 Å². The van der Waals surface area contributed by atoms with Crippen molar-refractivity contribution < 1.29 is 13.2 Å². The van der Waals surface area contributed by atoms with Crippen molar-refractivity contribution in [2.24, 2.45) is 11.5 Å². The van der Waals surface area contributed by atoms with Gasteiger partial charge in [-0.25, -0.2) is 8.42 Å². The molecular formula is C36H52N6O3S. The molecule has 12 N–H and O–H groups in total.